The Labute approximate surface area is 99.0 Å². The van der Waals surface area contributed by atoms with Gasteiger partial charge in [0.15, 0.2) is 0 Å². The summed E-state index contributed by atoms with van der Waals surface area (Å²) in [4.78, 5) is 0. The molecular weight excluding hydrogens is 220 g/mol. The molecule has 0 fully saturated rings. The second-order valence-corrected chi connectivity index (χ2v) is 4.49. The standard InChI is InChI=1S/C12H14N2OS/c13-6-7-16-9-11-8-12(14-15-11)10-4-2-1-3-5-10/h1-5,8H,6-7,9,13H2. The van der Waals surface area contributed by atoms with Crippen LogP contribution in [0.4, 0.5) is 0 Å². The molecule has 0 saturated heterocycles. The summed E-state index contributed by atoms with van der Waals surface area (Å²) in [7, 11) is 0. The van der Waals surface area contributed by atoms with E-state index in [-0.39, 0.29) is 0 Å². The van der Waals surface area contributed by atoms with Gasteiger partial charge < -0.3 is 10.3 Å². The Kier molecular flexibility index (Phi) is 4.02. The van der Waals surface area contributed by atoms with E-state index in [0.29, 0.717) is 6.54 Å². The third-order valence-corrected chi connectivity index (χ3v) is 3.15. The molecule has 2 N–H and O–H groups in total. The van der Waals surface area contributed by atoms with Gasteiger partial charge in [0, 0.05) is 23.9 Å². The SMILES string of the molecule is NCCSCc1cc(-c2ccccc2)no1. The largest absolute Gasteiger partial charge is 0.360 e. The van der Waals surface area contributed by atoms with Crippen LogP contribution in [0.15, 0.2) is 40.9 Å². The first-order valence-corrected chi connectivity index (χ1v) is 6.34. The van der Waals surface area contributed by atoms with E-state index in [0.717, 1.165) is 28.5 Å². The lowest BCUT2D eigenvalue weighted by Gasteiger charge is -1.93. The average Bonchev–Trinajstić information content (AvgIpc) is 2.79. The molecule has 0 radical (unpaired) electrons. The normalized spacial score (nSPS) is 10.6. The van der Waals surface area contributed by atoms with Crippen LogP contribution in [0.25, 0.3) is 11.3 Å². The molecule has 2 aromatic rings. The second kappa shape index (κ2) is 5.72. The highest BCUT2D eigenvalue weighted by molar-refractivity contribution is 7.98. The molecule has 3 nitrogen and oxygen atoms in total. The van der Waals surface area contributed by atoms with Crippen molar-refractivity contribution in [2.45, 2.75) is 5.75 Å². The summed E-state index contributed by atoms with van der Waals surface area (Å²) in [6.45, 7) is 0.699. The van der Waals surface area contributed by atoms with Gasteiger partial charge in [-0.25, -0.2) is 0 Å². The third kappa shape index (κ3) is 2.87. The number of aromatic nitrogens is 1. The molecule has 1 aromatic heterocycles. The van der Waals surface area contributed by atoms with Gasteiger partial charge in [0.25, 0.3) is 0 Å². The van der Waals surface area contributed by atoms with E-state index >= 15 is 0 Å². The van der Waals surface area contributed by atoms with Gasteiger partial charge in [-0.05, 0) is 0 Å². The molecule has 0 unspecified atom stereocenters. The Hall–Kier alpha value is -1.26. The number of nitrogens with zero attached hydrogens (tertiary/aromatic N) is 1. The van der Waals surface area contributed by atoms with E-state index in [1.807, 2.05) is 36.4 Å². The van der Waals surface area contributed by atoms with Crippen LogP contribution >= 0.6 is 11.8 Å². The average molecular weight is 234 g/mol. The molecule has 0 amide bonds. The molecule has 0 bridgehead atoms. The second-order valence-electron chi connectivity index (χ2n) is 3.39. The van der Waals surface area contributed by atoms with Gasteiger partial charge in [-0.3, -0.25) is 0 Å². The molecule has 0 aliphatic carbocycles. The maximum absolute atomic E-state index is 5.42. The van der Waals surface area contributed by atoms with Crippen molar-refractivity contribution in [3.05, 3.63) is 42.2 Å². The summed E-state index contributed by atoms with van der Waals surface area (Å²) >= 11 is 1.76. The quantitative estimate of drug-likeness (QED) is 0.808. The van der Waals surface area contributed by atoms with Crippen LogP contribution in [-0.4, -0.2) is 17.5 Å². The summed E-state index contributed by atoms with van der Waals surface area (Å²) in [5.41, 5.74) is 7.40. The summed E-state index contributed by atoms with van der Waals surface area (Å²) in [5, 5.41) is 4.05. The van der Waals surface area contributed by atoms with E-state index in [9.17, 15) is 0 Å². The van der Waals surface area contributed by atoms with Gasteiger partial charge in [-0.2, -0.15) is 11.8 Å². The number of hydrogen-bond donors (Lipinski definition) is 1. The highest BCUT2D eigenvalue weighted by Crippen LogP contribution is 2.20. The Morgan fingerprint density at radius 2 is 2.06 bits per heavy atom. The Morgan fingerprint density at radius 3 is 2.81 bits per heavy atom. The molecule has 4 heteroatoms. The molecule has 0 saturated carbocycles. The number of thioether (sulfide) groups is 1. The van der Waals surface area contributed by atoms with Gasteiger partial charge in [0.1, 0.15) is 11.5 Å². The van der Waals surface area contributed by atoms with Crippen molar-refractivity contribution in [2.75, 3.05) is 12.3 Å². The Morgan fingerprint density at radius 1 is 1.25 bits per heavy atom. The molecule has 0 aliphatic heterocycles. The fourth-order valence-electron chi connectivity index (χ4n) is 1.38. The van der Waals surface area contributed by atoms with Crippen LogP contribution in [0.3, 0.4) is 0 Å². The van der Waals surface area contributed by atoms with E-state index < -0.39 is 0 Å². The first-order valence-electron chi connectivity index (χ1n) is 5.19. The molecule has 0 atom stereocenters. The molecular formula is C12H14N2OS. The smallest absolute Gasteiger partial charge is 0.147 e. The van der Waals surface area contributed by atoms with Crippen molar-refractivity contribution in [3.8, 4) is 11.3 Å². The molecule has 1 heterocycles. The molecule has 16 heavy (non-hydrogen) atoms. The van der Waals surface area contributed by atoms with Crippen molar-refractivity contribution in [2.24, 2.45) is 5.73 Å². The van der Waals surface area contributed by atoms with Crippen LogP contribution in [0.5, 0.6) is 0 Å². The zero-order valence-electron chi connectivity index (χ0n) is 8.93. The summed E-state index contributed by atoms with van der Waals surface area (Å²) in [5.74, 6) is 2.68. The lowest BCUT2D eigenvalue weighted by molar-refractivity contribution is 0.397. The van der Waals surface area contributed by atoms with Gasteiger partial charge in [0.05, 0.1) is 5.75 Å². The molecule has 0 aliphatic rings. The summed E-state index contributed by atoms with van der Waals surface area (Å²) in [6, 6.07) is 12.0. The zero-order chi connectivity index (χ0) is 11.2. The van der Waals surface area contributed by atoms with E-state index in [2.05, 4.69) is 5.16 Å². The predicted molar refractivity (Wildman–Crippen MR) is 67.2 cm³/mol. The number of benzene rings is 1. The summed E-state index contributed by atoms with van der Waals surface area (Å²) in [6.07, 6.45) is 0. The van der Waals surface area contributed by atoms with Crippen molar-refractivity contribution in [1.82, 2.24) is 5.16 Å². The van der Waals surface area contributed by atoms with Gasteiger partial charge in [0.2, 0.25) is 0 Å². The molecule has 2 rings (SSSR count). The topological polar surface area (TPSA) is 52.0 Å². The van der Waals surface area contributed by atoms with Crippen LogP contribution < -0.4 is 5.73 Å². The number of rotatable bonds is 5. The van der Waals surface area contributed by atoms with Crippen LogP contribution in [0.1, 0.15) is 5.76 Å². The molecule has 84 valence electrons. The maximum atomic E-state index is 5.42. The lowest BCUT2D eigenvalue weighted by Crippen LogP contribution is -2.01. The van der Waals surface area contributed by atoms with Gasteiger partial charge in [-0.15, -0.1) is 0 Å². The van der Waals surface area contributed by atoms with Gasteiger partial charge in [-0.1, -0.05) is 35.5 Å². The first kappa shape index (κ1) is 11.2. The minimum Gasteiger partial charge on any atom is -0.360 e. The summed E-state index contributed by atoms with van der Waals surface area (Å²) < 4.78 is 5.25. The van der Waals surface area contributed by atoms with Crippen LogP contribution in [0.2, 0.25) is 0 Å². The third-order valence-electron chi connectivity index (χ3n) is 2.14. The monoisotopic (exact) mass is 234 g/mol. The van der Waals surface area contributed by atoms with Crippen molar-refractivity contribution in [3.63, 3.8) is 0 Å². The van der Waals surface area contributed by atoms with Crippen molar-refractivity contribution >= 4 is 11.8 Å². The van der Waals surface area contributed by atoms with E-state index in [1.54, 1.807) is 11.8 Å². The predicted octanol–water partition coefficient (Wildman–Crippen LogP) is 2.53. The number of nitrogens with two attached hydrogens (primary N) is 1. The Bertz CT molecular complexity index is 428. The maximum Gasteiger partial charge on any atom is 0.147 e. The minimum absolute atomic E-state index is 0.699. The molecule has 1 aromatic carbocycles. The van der Waals surface area contributed by atoms with E-state index in [4.69, 9.17) is 10.3 Å². The first-order chi connectivity index (χ1) is 7.90. The zero-order valence-corrected chi connectivity index (χ0v) is 9.74. The Balaban J connectivity index is 2.02. The number of hydrogen-bond acceptors (Lipinski definition) is 4. The highest BCUT2D eigenvalue weighted by atomic mass is 32.2. The van der Waals surface area contributed by atoms with Crippen LogP contribution in [0, 0.1) is 0 Å². The van der Waals surface area contributed by atoms with E-state index in [1.165, 1.54) is 0 Å². The van der Waals surface area contributed by atoms with Gasteiger partial charge >= 0.3 is 0 Å². The van der Waals surface area contributed by atoms with Crippen molar-refractivity contribution in [1.29, 1.82) is 0 Å². The lowest BCUT2D eigenvalue weighted by atomic mass is 10.1. The fourth-order valence-corrected chi connectivity index (χ4v) is 2.03. The highest BCUT2D eigenvalue weighted by Gasteiger charge is 2.05. The van der Waals surface area contributed by atoms with Crippen molar-refractivity contribution < 1.29 is 4.52 Å². The molecule has 0 spiro atoms. The fraction of sp³-hybridized carbons (Fsp3) is 0.250. The van der Waals surface area contributed by atoms with Crippen LogP contribution in [-0.2, 0) is 5.75 Å². The minimum atomic E-state index is 0.699.